The summed E-state index contributed by atoms with van der Waals surface area (Å²) >= 11 is 0. The first-order chi connectivity index (χ1) is 11.0. The second-order valence-corrected chi connectivity index (χ2v) is 5.13. The van der Waals surface area contributed by atoms with E-state index in [1.165, 1.54) is 6.08 Å². The highest BCUT2D eigenvalue weighted by Gasteiger charge is 2.22. The van der Waals surface area contributed by atoms with Gasteiger partial charge in [-0.05, 0) is 17.5 Å². The standard InChI is InChI=1S/C17H23NO5/c1-4-9-23-11-14(17(20)21)18-16(19)10-12(2)13-7-5-6-8-15(13)22-3/h4-8,12,14H,1,9-11H2,2-3H3,(H,18,19)(H,20,21). The summed E-state index contributed by atoms with van der Waals surface area (Å²) in [7, 11) is 1.57. The predicted molar refractivity (Wildman–Crippen MR) is 86.6 cm³/mol. The summed E-state index contributed by atoms with van der Waals surface area (Å²) < 4.78 is 10.4. The summed E-state index contributed by atoms with van der Waals surface area (Å²) in [4.78, 5) is 23.2. The molecular formula is C17H23NO5. The number of benzene rings is 1. The number of carboxylic acids is 1. The van der Waals surface area contributed by atoms with Gasteiger partial charge in [-0.1, -0.05) is 31.2 Å². The Kier molecular flexibility index (Phi) is 7.83. The van der Waals surface area contributed by atoms with Gasteiger partial charge < -0.3 is 19.9 Å². The van der Waals surface area contributed by atoms with E-state index in [4.69, 9.17) is 14.6 Å². The molecule has 0 bridgehead atoms. The molecule has 0 fully saturated rings. The summed E-state index contributed by atoms with van der Waals surface area (Å²) in [5.41, 5.74) is 0.903. The number of rotatable bonds is 10. The number of hydrogen-bond donors (Lipinski definition) is 2. The summed E-state index contributed by atoms with van der Waals surface area (Å²) in [5, 5.41) is 11.6. The zero-order valence-corrected chi connectivity index (χ0v) is 13.5. The SMILES string of the molecule is C=CCOCC(NC(=O)CC(C)c1ccccc1OC)C(=O)O. The molecule has 2 atom stereocenters. The van der Waals surface area contributed by atoms with E-state index < -0.39 is 12.0 Å². The highest BCUT2D eigenvalue weighted by molar-refractivity contribution is 5.84. The van der Waals surface area contributed by atoms with E-state index in [0.29, 0.717) is 5.75 Å². The molecule has 0 heterocycles. The van der Waals surface area contributed by atoms with E-state index in [-0.39, 0.29) is 31.5 Å². The normalized spacial score (nSPS) is 13.0. The molecule has 1 aromatic carbocycles. The Morgan fingerprint density at radius 3 is 2.70 bits per heavy atom. The molecule has 1 rings (SSSR count). The quantitative estimate of drug-likeness (QED) is 0.508. The average molecular weight is 321 g/mol. The molecule has 0 aliphatic heterocycles. The van der Waals surface area contributed by atoms with Crippen LogP contribution >= 0.6 is 0 Å². The van der Waals surface area contributed by atoms with Gasteiger partial charge in [0.1, 0.15) is 5.75 Å². The second kappa shape index (κ2) is 9.63. The van der Waals surface area contributed by atoms with Gasteiger partial charge in [0, 0.05) is 6.42 Å². The van der Waals surface area contributed by atoms with Crippen LogP contribution in [-0.4, -0.2) is 43.3 Å². The molecule has 126 valence electrons. The maximum Gasteiger partial charge on any atom is 0.328 e. The summed E-state index contributed by atoms with van der Waals surface area (Å²) in [5.74, 6) is -0.878. The molecular weight excluding hydrogens is 298 g/mol. The van der Waals surface area contributed by atoms with Crippen molar-refractivity contribution in [2.75, 3.05) is 20.3 Å². The number of nitrogens with one attached hydrogen (secondary N) is 1. The molecule has 0 aliphatic rings. The molecule has 2 unspecified atom stereocenters. The molecule has 1 aromatic rings. The smallest absolute Gasteiger partial charge is 0.328 e. The fourth-order valence-electron chi connectivity index (χ4n) is 2.16. The fraction of sp³-hybridized carbons (Fsp3) is 0.412. The number of hydrogen-bond acceptors (Lipinski definition) is 4. The Hall–Kier alpha value is -2.34. The lowest BCUT2D eigenvalue weighted by atomic mass is 9.96. The lowest BCUT2D eigenvalue weighted by Crippen LogP contribution is -2.44. The molecule has 23 heavy (non-hydrogen) atoms. The summed E-state index contributed by atoms with van der Waals surface area (Å²) in [6, 6.07) is 6.36. The van der Waals surface area contributed by atoms with Crippen LogP contribution in [0.1, 0.15) is 24.8 Å². The largest absolute Gasteiger partial charge is 0.496 e. The highest BCUT2D eigenvalue weighted by Crippen LogP contribution is 2.28. The van der Waals surface area contributed by atoms with E-state index >= 15 is 0 Å². The highest BCUT2D eigenvalue weighted by atomic mass is 16.5. The Morgan fingerprint density at radius 1 is 1.39 bits per heavy atom. The van der Waals surface area contributed by atoms with E-state index in [1.807, 2.05) is 31.2 Å². The molecule has 0 aliphatic carbocycles. The van der Waals surface area contributed by atoms with Crippen molar-refractivity contribution in [3.05, 3.63) is 42.5 Å². The van der Waals surface area contributed by atoms with Gasteiger partial charge in [0.05, 0.1) is 20.3 Å². The van der Waals surface area contributed by atoms with Gasteiger partial charge in [0.2, 0.25) is 5.91 Å². The van der Waals surface area contributed by atoms with E-state index in [9.17, 15) is 9.59 Å². The Morgan fingerprint density at radius 2 is 2.09 bits per heavy atom. The van der Waals surface area contributed by atoms with Crippen LogP contribution in [0.15, 0.2) is 36.9 Å². The van der Waals surface area contributed by atoms with E-state index in [1.54, 1.807) is 7.11 Å². The van der Waals surface area contributed by atoms with Crippen molar-refractivity contribution in [1.82, 2.24) is 5.32 Å². The lowest BCUT2D eigenvalue weighted by Gasteiger charge is -2.18. The topological polar surface area (TPSA) is 84.9 Å². The predicted octanol–water partition coefficient (Wildman–Crippen LogP) is 1.96. The molecule has 1 amide bonds. The van der Waals surface area contributed by atoms with Gasteiger partial charge in [-0.25, -0.2) is 4.79 Å². The minimum atomic E-state index is -1.13. The molecule has 2 N–H and O–H groups in total. The number of methoxy groups -OCH3 is 1. The number of aliphatic carboxylic acids is 1. The van der Waals surface area contributed by atoms with Crippen LogP contribution < -0.4 is 10.1 Å². The number of carboxylic acid groups (broad SMARTS) is 1. The van der Waals surface area contributed by atoms with Crippen molar-refractivity contribution in [1.29, 1.82) is 0 Å². The Balaban J connectivity index is 2.62. The molecule has 0 saturated heterocycles. The Labute approximate surface area is 136 Å². The molecule has 0 radical (unpaired) electrons. The first kappa shape index (κ1) is 18.7. The van der Waals surface area contributed by atoms with Crippen LogP contribution in [0, 0.1) is 0 Å². The number of carbonyl (C=O) groups excluding carboxylic acids is 1. The van der Waals surface area contributed by atoms with Crippen LogP contribution in [0.25, 0.3) is 0 Å². The third-order valence-corrected chi connectivity index (χ3v) is 3.31. The number of ether oxygens (including phenoxy) is 2. The van der Waals surface area contributed by atoms with Crippen molar-refractivity contribution in [2.24, 2.45) is 0 Å². The number of para-hydroxylation sites is 1. The third-order valence-electron chi connectivity index (χ3n) is 3.31. The van der Waals surface area contributed by atoms with Crippen LogP contribution in [0.4, 0.5) is 0 Å². The Bertz CT molecular complexity index is 544. The summed E-state index contributed by atoms with van der Waals surface area (Å²) in [6.45, 7) is 5.50. The zero-order chi connectivity index (χ0) is 17.2. The van der Waals surface area contributed by atoms with Crippen molar-refractivity contribution in [3.8, 4) is 5.75 Å². The fourth-order valence-corrected chi connectivity index (χ4v) is 2.16. The van der Waals surface area contributed by atoms with Crippen molar-refractivity contribution >= 4 is 11.9 Å². The molecule has 0 aromatic heterocycles. The third kappa shape index (κ3) is 6.12. The monoisotopic (exact) mass is 321 g/mol. The zero-order valence-electron chi connectivity index (χ0n) is 13.5. The van der Waals surface area contributed by atoms with E-state index in [2.05, 4.69) is 11.9 Å². The molecule has 0 spiro atoms. The molecule has 6 heteroatoms. The first-order valence-electron chi connectivity index (χ1n) is 7.33. The molecule has 0 saturated carbocycles. The van der Waals surface area contributed by atoms with Gasteiger partial charge in [-0.15, -0.1) is 6.58 Å². The first-order valence-corrected chi connectivity index (χ1v) is 7.33. The minimum Gasteiger partial charge on any atom is -0.496 e. The van der Waals surface area contributed by atoms with Crippen LogP contribution in [0.5, 0.6) is 5.75 Å². The van der Waals surface area contributed by atoms with Gasteiger partial charge in [-0.3, -0.25) is 4.79 Å². The van der Waals surface area contributed by atoms with Gasteiger partial charge in [-0.2, -0.15) is 0 Å². The second-order valence-electron chi connectivity index (χ2n) is 5.13. The van der Waals surface area contributed by atoms with Crippen molar-refractivity contribution < 1.29 is 24.2 Å². The number of carbonyl (C=O) groups is 2. The van der Waals surface area contributed by atoms with Crippen LogP contribution in [-0.2, 0) is 14.3 Å². The molecule has 6 nitrogen and oxygen atoms in total. The number of amides is 1. The van der Waals surface area contributed by atoms with Crippen molar-refractivity contribution in [3.63, 3.8) is 0 Å². The van der Waals surface area contributed by atoms with Crippen molar-refractivity contribution in [2.45, 2.75) is 25.3 Å². The van der Waals surface area contributed by atoms with E-state index in [0.717, 1.165) is 5.56 Å². The maximum absolute atomic E-state index is 12.1. The average Bonchev–Trinajstić information content (AvgIpc) is 2.53. The van der Waals surface area contributed by atoms with Crippen LogP contribution in [0.2, 0.25) is 0 Å². The van der Waals surface area contributed by atoms with Gasteiger partial charge in [0.25, 0.3) is 0 Å². The maximum atomic E-state index is 12.1. The summed E-state index contributed by atoms with van der Waals surface area (Å²) in [6.07, 6.45) is 1.68. The van der Waals surface area contributed by atoms with Crippen LogP contribution in [0.3, 0.4) is 0 Å². The van der Waals surface area contributed by atoms with Gasteiger partial charge >= 0.3 is 5.97 Å². The minimum absolute atomic E-state index is 0.101. The van der Waals surface area contributed by atoms with Gasteiger partial charge in [0.15, 0.2) is 6.04 Å². The lowest BCUT2D eigenvalue weighted by molar-refractivity contribution is -0.143.